The van der Waals surface area contributed by atoms with Gasteiger partial charge in [0, 0.05) is 31.3 Å². The van der Waals surface area contributed by atoms with E-state index in [1.165, 1.54) is 0 Å². The van der Waals surface area contributed by atoms with Gasteiger partial charge in [0.2, 0.25) is 6.23 Å². The molecule has 4 rings (SSSR count). The highest BCUT2D eigenvalue weighted by Gasteiger charge is 2.26. The molecule has 36 heavy (non-hydrogen) atoms. The van der Waals surface area contributed by atoms with E-state index in [-0.39, 0.29) is 5.76 Å². The van der Waals surface area contributed by atoms with Gasteiger partial charge in [0.1, 0.15) is 11.3 Å². The zero-order valence-electron chi connectivity index (χ0n) is 21.4. The molecule has 1 atom stereocenters. The van der Waals surface area contributed by atoms with Gasteiger partial charge in [-0.1, -0.05) is 0 Å². The van der Waals surface area contributed by atoms with E-state index >= 15 is 4.39 Å². The van der Waals surface area contributed by atoms with Crippen molar-refractivity contribution in [1.29, 1.82) is 0 Å². The Morgan fingerprint density at radius 2 is 2.06 bits per heavy atom. The summed E-state index contributed by atoms with van der Waals surface area (Å²) in [6.45, 7) is 12.3. The normalized spacial score (nSPS) is 18.2. The summed E-state index contributed by atoms with van der Waals surface area (Å²) in [6.07, 6.45) is 1.70. The van der Waals surface area contributed by atoms with Crippen LogP contribution in [0.25, 0.3) is 5.83 Å². The second-order valence-electron chi connectivity index (χ2n) is 8.92. The first kappa shape index (κ1) is 25.7. The molecular formula is C26H35FN5O4+. The fraction of sp³-hybridized carbons (Fsp3) is 0.462. The van der Waals surface area contributed by atoms with Crippen LogP contribution in [-0.4, -0.2) is 81.1 Å². The molecule has 0 aliphatic carbocycles. The predicted octanol–water partition coefficient (Wildman–Crippen LogP) is 4.23. The zero-order valence-corrected chi connectivity index (χ0v) is 21.4. The Morgan fingerprint density at radius 1 is 1.28 bits per heavy atom. The van der Waals surface area contributed by atoms with E-state index in [9.17, 15) is 0 Å². The molecule has 1 fully saturated rings. The summed E-state index contributed by atoms with van der Waals surface area (Å²) in [5, 5.41) is 3.13. The monoisotopic (exact) mass is 500 g/mol. The Labute approximate surface area is 211 Å². The maximum Gasteiger partial charge on any atom is 0.289 e. The Kier molecular flexibility index (Phi) is 8.27. The first-order valence-electron chi connectivity index (χ1n) is 12.1. The molecule has 1 aromatic heterocycles. The number of aliphatic imine (C=N–C) groups is 1. The van der Waals surface area contributed by atoms with Crippen LogP contribution in [0.2, 0.25) is 0 Å². The number of anilines is 1. The van der Waals surface area contributed by atoms with E-state index in [0.29, 0.717) is 29.5 Å². The maximum absolute atomic E-state index is 15.4. The first-order chi connectivity index (χ1) is 17.4. The first-order valence-corrected chi connectivity index (χ1v) is 12.1. The summed E-state index contributed by atoms with van der Waals surface area (Å²) in [7, 11) is 3.34. The number of aromatic nitrogens is 1. The molecule has 1 aromatic carbocycles. The lowest BCUT2D eigenvalue weighted by molar-refractivity contribution is -0.399. The number of benzene rings is 1. The summed E-state index contributed by atoms with van der Waals surface area (Å²) < 4.78 is 40.0. The van der Waals surface area contributed by atoms with Crippen molar-refractivity contribution in [3.63, 3.8) is 0 Å². The molecule has 2 aliphatic rings. The van der Waals surface area contributed by atoms with Crippen molar-refractivity contribution in [1.82, 2.24) is 9.88 Å². The third-order valence-electron chi connectivity index (χ3n) is 6.16. The minimum Gasteiger partial charge on any atom is -0.493 e. The van der Waals surface area contributed by atoms with Crippen LogP contribution in [0.4, 0.5) is 15.9 Å². The number of ether oxygens (including phenoxy) is 4. The third kappa shape index (κ3) is 5.88. The smallest absolute Gasteiger partial charge is 0.289 e. The third-order valence-corrected chi connectivity index (χ3v) is 6.16. The van der Waals surface area contributed by atoms with Gasteiger partial charge in [-0.15, -0.1) is 0 Å². The molecule has 9 nitrogen and oxygen atoms in total. The van der Waals surface area contributed by atoms with E-state index < -0.39 is 12.1 Å². The number of morpholine rings is 1. The van der Waals surface area contributed by atoms with Gasteiger partial charge in [-0.3, -0.25) is 4.90 Å². The number of nitrogens with one attached hydrogen (secondary N) is 2. The number of aromatic amines is 1. The number of halogens is 1. The average molecular weight is 501 g/mol. The molecule has 1 saturated heterocycles. The number of rotatable bonds is 10. The highest BCUT2D eigenvalue weighted by molar-refractivity contribution is 5.82. The van der Waals surface area contributed by atoms with Crippen LogP contribution in [0, 0.1) is 6.92 Å². The van der Waals surface area contributed by atoms with Crippen molar-refractivity contribution >= 4 is 30.4 Å². The molecule has 194 valence electrons. The number of aryl methyl sites for hydroxylation is 1. The van der Waals surface area contributed by atoms with Crippen LogP contribution in [-0.2, 0) is 9.47 Å². The molecule has 2 aromatic rings. The van der Waals surface area contributed by atoms with E-state index in [1.54, 1.807) is 38.1 Å². The van der Waals surface area contributed by atoms with Gasteiger partial charge in [0.25, 0.3) is 5.82 Å². The van der Waals surface area contributed by atoms with Crippen molar-refractivity contribution < 1.29 is 27.9 Å². The Hall–Kier alpha value is -3.37. The van der Waals surface area contributed by atoms with Crippen molar-refractivity contribution in [2.75, 3.05) is 58.9 Å². The zero-order chi connectivity index (χ0) is 25.7. The van der Waals surface area contributed by atoms with Crippen molar-refractivity contribution in [3.8, 4) is 11.5 Å². The van der Waals surface area contributed by atoms with E-state index in [2.05, 4.69) is 26.9 Å². The van der Waals surface area contributed by atoms with Gasteiger partial charge in [-0.05, 0) is 32.4 Å². The van der Waals surface area contributed by atoms with Crippen LogP contribution in [0.5, 0.6) is 11.5 Å². The minimum absolute atomic E-state index is 0.120. The van der Waals surface area contributed by atoms with E-state index in [0.717, 1.165) is 56.2 Å². The van der Waals surface area contributed by atoms with Crippen LogP contribution in [0.1, 0.15) is 36.4 Å². The van der Waals surface area contributed by atoms with Gasteiger partial charge in [-0.25, -0.2) is 18.9 Å². The predicted molar refractivity (Wildman–Crippen MR) is 139 cm³/mol. The molecule has 2 aliphatic heterocycles. The summed E-state index contributed by atoms with van der Waals surface area (Å²) >= 11 is 0. The average Bonchev–Trinajstić information content (AvgIpc) is 3.28. The number of allylic oxidation sites excluding steroid dienone is 1. The maximum atomic E-state index is 15.4. The highest BCUT2D eigenvalue weighted by Crippen LogP contribution is 2.41. The summed E-state index contributed by atoms with van der Waals surface area (Å²) in [5.74, 6) is 1.40. The lowest BCUT2D eigenvalue weighted by Crippen LogP contribution is -2.37. The number of fused-ring (bicyclic) bond motifs is 1. The number of methoxy groups -OCH3 is 1. The van der Waals surface area contributed by atoms with Gasteiger partial charge in [0.05, 0.1) is 58.4 Å². The van der Waals surface area contributed by atoms with Crippen LogP contribution in [0.15, 0.2) is 29.0 Å². The van der Waals surface area contributed by atoms with Crippen LogP contribution < -0.4 is 14.8 Å². The Bertz CT molecular complexity index is 1150. The molecule has 0 saturated carbocycles. The molecule has 0 spiro atoms. The van der Waals surface area contributed by atoms with Crippen molar-refractivity contribution in [3.05, 3.63) is 40.8 Å². The standard InChI is InChI=1S/C26H35FN5O4/c1-17-13-20(25(30-17)31(3)4)24(27)18(2)36-26-19-14-22(33-5)23(15-21(19)28-16-29-26)35-10-6-7-32-8-11-34-12-9-32/h13-16,26,30H,3,6-12H2,1-2,4-5H3,(H,28,29)/q+1. The van der Waals surface area contributed by atoms with Gasteiger partial charge in [0.15, 0.2) is 17.3 Å². The second kappa shape index (κ2) is 11.6. The Morgan fingerprint density at radius 3 is 2.78 bits per heavy atom. The minimum atomic E-state index is -0.739. The molecule has 10 heteroatoms. The Balaban J connectivity index is 1.47. The van der Waals surface area contributed by atoms with E-state index in [1.807, 2.05) is 19.1 Å². The molecule has 3 heterocycles. The number of hydrogen-bond acceptors (Lipinski definition) is 7. The summed E-state index contributed by atoms with van der Waals surface area (Å²) in [5.41, 5.74) is 2.70. The molecule has 0 radical (unpaired) electrons. The van der Waals surface area contributed by atoms with Crippen molar-refractivity contribution in [2.45, 2.75) is 26.5 Å². The summed E-state index contributed by atoms with van der Waals surface area (Å²) in [6, 6.07) is 5.41. The van der Waals surface area contributed by atoms with Crippen molar-refractivity contribution in [2.24, 2.45) is 4.99 Å². The van der Waals surface area contributed by atoms with Crippen LogP contribution >= 0.6 is 0 Å². The molecule has 2 N–H and O–H groups in total. The van der Waals surface area contributed by atoms with Gasteiger partial charge in [-0.2, -0.15) is 0 Å². The second-order valence-corrected chi connectivity index (χ2v) is 8.92. The fourth-order valence-corrected chi connectivity index (χ4v) is 4.27. The SMILES string of the molecule is C=[N+](C)c1[nH]c(C)cc1C(F)=C(C)OC1N=CNc2cc(OCCCN3CCOCC3)c(OC)cc21. The van der Waals surface area contributed by atoms with Gasteiger partial charge >= 0.3 is 0 Å². The quantitative estimate of drug-likeness (QED) is 0.220. The fourth-order valence-electron chi connectivity index (χ4n) is 4.27. The molecular weight excluding hydrogens is 465 g/mol. The number of H-pyrrole nitrogens is 1. The highest BCUT2D eigenvalue weighted by atomic mass is 19.1. The molecule has 1 unspecified atom stereocenters. The number of nitrogens with zero attached hydrogens (tertiary/aromatic N) is 3. The lowest BCUT2D eigenvalue weighted by Gasteiger charge is -2.26. The van der Waals surface area contributed by atoms with Gasteiger partial charge < -0.3 is 24.3 Å². The molecule has 0 amide bonds. The lowest BCUT2D eigenvalue weighted by atomic mass is 10.1. The largest absolute Gasteiger partial charge is 0.493 e. The summed E-state index contributed by atoms with van der Waals surface area (Å²) in [4.78, 5) is 9.87. The molecule has 0 bridgehead atoms. The number of hydrogen-bond donors (Lipinski definition) is 2. The van der Waals surface area contributed by atoms with E-state index in [4.69, 9.17) is 18.9 Å². The topological polar surface area (TPSA) is 83.4 Å². The van der Waals surface area contributed by atoms with Crippen LogP contribution in [0.3, 0.4) is 0 Å².